The number of nitrogens with zero attached hydrogens (tertiary/aromatic N) is 4. The van der Waals surface area contributed by atoms with E-state index in [4.69, 9.17) is 16.7 Å². The first kappa shape index (κ1) is 25.1. The second kappa shape index (κ2) is 10.8. The van der Waals surface area contributed by atoms with E-state index in [1.165, 1.54) is 12.4 Å². The summed E-state index contributed by atoms with van der Waals surface area (Å²) in [5.41, 5.74) is 2.29. The lowest BCUT2D eigenvalue weighted by molar-refractivity contribution is 0.102. The number of carbonyl (C=O) groups is 2. The minimum atomic E-state index is -0.344. The van der Waals surface area contributed by atoms with Crippen molar-refractivity contribution in [3.63, 3.8) is 0 Å². The minimum absolute atomic E-state index is 0.107. The van der Waals surface area contributed by atoms with Crippen LogP contribution in [-0.2, 0) is 0 Å². The van der Waals surface area contributed by atoms with E-state index in [9.17, 15) is 9.59 Å². The highest BCUT2D eigenvalue weighted by atomic mass is 35.5. The van der Waals surface area contributed by atoms with Crippen LogP contribution in [0.3, 0.4) is 0 Å². The molecule has 3 heterocycles. The second-order valence-electron chi connectivity index (χ2n) is 10.0. The van der Waals surface area contributed by atoms with E-state index in [1.807, 2.05) is 19.9 Å². The number of amides is 3. The molecule has 0 spiro atoms. The molecule has 0 radical (unpaired) electrons. The zero-order chi connectivity index (χ0) is 25.9. The molecule has 2 aliphatic carbocycles. The molecule has 0 saturated heterocycles. The fourth-order valence-corrected chi connectivity index (χ4v) is 4.68. The van der Waals surface area contributed by atoms with Gasteiger partial charge in [0.05, 0.1) is 11.9 Å². The molecule has 0 atom stereocenters. The Balaban J connectivity index is 1.31. The molecule has 5 rings (SSSR count). The van der Waals surface area contributed by atoms with Crippen molar-refractivity contribution in [2.45, 2.75) is 76.5 Å². The van der Waals surface area contributed by atoms with Crippen LogP contribution in [0.2, 0.25) is 5.15 Å². The minimum Gasteiger partial charge on any atom is -0.379 e. The maximum atomic E-state index is 13.1. The van der Waals surface area contributed by atoms with Gasteiger partial charge in [0.1, 0.15) is 11.0 Å². The number of fused-ring (bicyclic) bond motifs is 1. The summed E-state index contributed by atoms with van der Waals surface area (Å²) in [4.78, 5) is 33.6. The molecule has 11 nitrogen and oxygen atoms in total. The summed E-state index contributed by atoms with van der Waals surface area (Å²) in [7, 11) is 0. The first-order valence-corrected chi connectivity index (χ1v) is 13.1. The summed E-state index contributed by atoms with van der Waals surface area (Å²) >= 11 is 5.96. The number of imidazole rings is 1. The molecule has 196 valence electrons. The van der Waals surface area contributed by atoms with Crippen LogP contribution >= 0.6 is 11.6 Å². The number of hydrogen-bond donors (Lipinski definition) is 5. The quantitative estimate of drug-likeness (QED) is 0.280. The third kappa shape index (κ3) is 6.40. The first-order valence-electron chi connectivity index (χ1n) is 12.8. The van der Waals surface area contributed by atoms with E-state index < -0.39 is 0 Å². The lowest BCUT2D eigenvalue weighted by Crippen LogP contribution is -2.46. The molecular weight excluding hydrogens is 494 g/mol. The number of anilines is 3. The Hall–Kier alpha value is -3.60. The van der Waals surface area contributed by atoms with Gasteiger partial charge in [-0.25, -0.2) is 19.3 Å². The zero-order valence-electron chi connectivity index (χ0n) is 20.9. The van der Waals surface area contributed by atoms with Gasteiger partial charge in [-0.05, 0) is 64.5 Å². The summed E-state index contributed by atoms with van der Waals surface area (Å²) < 4.78 is 1.58. The van der Waals surface area contributed by atoms with Crippen molar-refractivity contribution in [3.05, 3.63) is 41.4 Å². The van der Waals surface area contributed by atoms with E-state index in [2.05, 4.69) is 36.6 Å². The molecule has 3 amide bonds. The van der Waals surface area contributed by atoms with Crippen LogP contribution in [-0.4, -0.2) is 55.7 Å². The van der Waals surface area contributed by atoms with Gasteiger partial charge in [-0.1, -0.05) is 11.6 Å². The lowest BCUT2D eigenvalue weighted by atomic mass is 9.91. The molecule has 0 unspecified atom stereocenters. The number of hydrogen-bond acceptors (Lipinski definition) is 7. The number of pyridine rings is 1. The van der Waals surface area contributed by atoms with E-state index in [1.54, 1.807) is 16.6 Å². The van der Waals surface area contributed by atoms with E-state index in [-0.39, 0.29) is 30.1 Å². The number of nitrogens with one attached hydrogen (secondary N) is 5. The highest BCUT2D eigenvalue weighted by Crippen LogP contribution is 2.30. The van der Waals surface area contributed by atoms with Crippen LogP contribution in [0.4, 0.5) is 22.0 Å². The molecule has 0 aliphatic heterocycles. The van der Waals surface area contributed by atoms with Crippen LogP contribution in [0.25, 0.3) is 5.65 Å². The molecule has 12 heteroatoms. The standard InChI is InChI=1S/C25H32ClN9O2/c1-14(2)29-25(37)33-17-7-5-16(6-8-17)31-22-12-19(30-15-3-4-15)23-28-13-20(35(23)34-22)24(36)32-18-9-10-27-21(26)11-18/h9-17,30H,3-8H2,1-2H3,(H,31,34)(H,27,32,36)(H2,29,33,37)/t16-,17-. The third-order valence-electron chi connectivity index (χ3n) is 6.46. The Morgan fingerprint density at radius 3 is 2.41 bits per heavy atom. The van der Waals surface area contributed by atoms with Gasteiger partial charge in [-0.3, -0.25) is 4.79 Å². The molecule has 2 aliphatic rings. The van der Waals surface area contributed by atoms with E-state index >= 15 is 0 Å². The fraction of sp³-hybridized carbons (Fsp3) is 0.480. The van der Waals surface area contributed by atoms with Crippen LogP contribution in [0, 0.1) is 0 Å². The SMILES string of the molecule is CC(C)NC(=O)N[C@H]1CC[C@H](Nc2cc(NC3CC3)c3ncc(C(=O)Nc4ccnc(Cl)c4)n3n2)CC1. The number of rotatable bonds is 8. The number of urea groups is 1. The Labute approximate surface area is 220 Å². The molecule has 5 N–H and O–H groups in total. The smallest absolute Gasteiger partial charge is 0.315 e. The van der Waals surface area contributed by atoms with E-state index in [0.29, 0.717) is 34.0 Å². The summed E-state index contributed by atoms with van der Waals surface area (Å²) in [6.45, 7) is 3.89. The van der Waals surface area contributed by atoms with Gasteiger partial charge in [0.25, 0.3) is 5.91 Å². The Bertz CT molecular complexity index is 1280. The van der Waals surface area contributed by atoms with Gasteiger partial charge in [0.15, 0.2) is 11.3 Å². The van der Waals surface area contributed by atoms with Crippen molar-refractivity contribution in [2.24, 2.45) is 0 Å². The van der Waals surface area contributed by atoms with Crippen molar-refractivity contribution in [1.82, 2.24) is 30.2 Å². The second-order valence-corrected chi connectivity index (χ2v) is 10.4. The van der Waals surface area contributed by atoms with Gasteiger partial charge in [-0.15, -0.1) is 5.10 Å². The number of aromatic nitrogens is 4. The number of carbonyl (C=O) groups excluding carboxylic acids is 2. The Morgan fingerprint density at radius 1 is 1.00 bits per heavy atom. The molecule has 2 fully saturated rings. The average molecular weight is 526 g/mol. The highest BCUT2D eigenvalue weighted by Gasteiger charge is 2.26. The summed E-state index contributed by atoms with van der Waals surface area (Å²) in [5, 5.41) is 20.9. The van der Waals surface area contributed by atoms with Crippen molar-refractivity contribution in [2.75, 3.05) is 16.0 Å². The maximum absolute atomic E-state index is 13.1. The molecule has 3 aromatic heterocycles. The van der Waals surface area contributed by atoms with Gasteiger partial charge in [-0.2, -0.15) is 0 Å². The maximum Gasteiger partial charge on any atom is 0.315 e. The molecular formula is C25H32ClN9O2. The van der Waals surface area contributed by atoms with Crippen molar-refractivity contribution in [3.8, 4) is 0 Å². The highest BCUT2D eigenvalue weighted by molar-refractivity contribution is 6.29. The predicted molar refractivity (Wildman–Crippen MR) is 143 cm³/mol. The van der Waals surface area contributed by atoms with Crippen LogP contribution in [0.1, 0.15) is 62.9 Å². The first-order chi connectivity index (χ1) is 17.8. The van der Waals surface area contributed by atoms with Gasteiger partial charge in [0, 0.05) is 42.1 Å². The Morgan fingerprint density at radius 2 is 1.70 bits per heavy atom. The monoisotopic (exact) mass is 525 g/mol. The molecule has 0 aromatic carbocycles. The topological polar surface area (TPSA) is 137 Å². The fourth-order valence-electron chi connectivity index (χ4n) is 4.50. The molecule has 3 aromatic rings. The van der Waals surface area contributed by atoms with E-state index in [0.717, 1.165) is 44.2 Å². The molecule has 2 saturated carbocycles. The predicted octanol–water partition coefficient (Wildman–Crippen LogP) is 4.04. The molecule has 0 bridgehead atoms. The molecule has 37 heavy (non-hydrogen) atoms. The summed E-state index contributed by atoms with van der Waals surface area (Å²) in [6, 6.07) is 5.99. The third-order valence-corrected chi connectivity index (χ3v) is 6.66. The van der Waals surface area contributed by atoms with Crippen LogP contribution < -0.4 is 26.6 Å². The van der Waals surface area contributed by atoms with Crippen LogP contribution in [0.15, 0.2) is 30.6 Å². The van der Waals surface area contributed by atoms with Crippen molar-refractivity contribution in [1.29, 1.82) is 0 Å². The normalized spacial score (nSPS) is 19.5. The summed E-state index contributed by atoms with van der Waals surface area (Å²) in [6.07, 6.45) is 8.84. The Kier molecular flexibility index (Phi) is 7.31. The zero-order valence-corrected chi connectivity index (χ0v) is 21.7. The largest absolute Gasteiger partial charge is 0.379 e. The van der Waals surface area contributed by atoms with Gasteiger partial charge >= 0.3 is 6.03 Å². The summed E-state index contributed by atoms with van der Waals surface area (Å²) in [5.74, 6) is 0.326. The van der Waals surface area contributed by atoms with Gasteiger partial charge in [0.2, 0.25) is 0 Å². The average Bonchev–Trinajstić information content (AvgIpc) is 3.55. The van der Waals surface area contributed by atoms with Gasteiger partial charge < -0.3 is 26.6 Å². The van der Waals surface area contributed by atoms with Crippen molar-refractivity contribution < 1.29 is 9.59 Å². The van der Waals surface area contributed by atoms with Crippen molar-refractivity contribution >= 4 is 46.4 Å². The van der Waals surface area contributed by atoms with Crippen LogP contribution in [0.5, 0.6) is 0 Å². The number of halogens is 1. The lowest BCUT2D eigenvalue weighted by Gasteiger charge is -2.30.